The van der Waals surface area contributed by atoms with Gasteiger partial charge in [0.25, 0.3) is 0 Å². The number of halogens is 4. The molecule has 0 saturated carbocycles. The van der Waals surface area contributed by atoms with Gasteiger partial charge in [0, 0.05) is 0 Å². The highest BCUT2D eigenvalue weighted by Crippen LogP contribution is 2.43. The Morgan fingerprint density at radius 3 is 1.97 bits per heavy atom. The minimum absolute atomic E-state index is 0.0409. The number of carbonyl (C=O) groups is 1. The topological polar surface area (TPSA) is 55.8 Å². The maximum absolute atomic E-state index is 16.0. The minimum Gasteiger partial charge on any atom is -0.456 e. The van der Waals surface area contributed by atoms with Crippen LogP contribution >= 0.6 is 0 Å². The predicted molar refractivity (Wildman–Crippen MR) is 107 cm³/mol. The van der Waals surface area contributed by atoms with Crippen molar-refractivity contribution < 1.29 is 36.9 Å². The summed E-state index contributed by atoms with van der Waals surface area (Å²) in [6, 6.07) is 10.0. The SMILES string of the molecule is CCCC(F)(c1ccc(C(=O)OC(C)(C)C)cc1)C(O)c1ccc(OC(F)(F)F)cc1. The molecular weight excluding hydrogens is 416 g/mol. The summed E-state index contributed by atoms with van der Waals surface area (Å²) in [5.74, 6) is -1.02. The highest BCUT2D eigenvalue weighted by atomic mass is 19.4. The van der Waals surface area contributed by atoms with E-state index in [2.05, 4.69) is 4.74 Å². The Morgan fingerprint density at radius 1 is 0.968 bits per heavy atom. The third-order valence-electron chi connectivity index (χ3n) is 4.48. The molecule has 170 valence electrons. The Kier molecular flexibility index (Phi) is 7.36. The number of hydrogen-bond donors (Lipinski definition) is 1. The first-order chi connectivity index (χ1) is 14.2. The van der Waals surface area contributed by atoms with E-state index >= 15 is 4.39 Å². The zero-order valence-corrected chi connectivity index (χ0v) is 17.8. The summed E-state index contributed by atoms with van der Waals surface area (Å²) in [7, 11) is 0. The van der Waals surface area contributed by atoms with Crippen LogP contribution < -0.4 is 4.74 Å². The highest BCUT2D eigenvalue weighted by Gasteiger charge is 2.40. The van der Waals surface area contributed by atoms with E-state index in [4.69, 9.17) is 4.74 Å². The Morgan fingerprint density at radius 2 is 1.52 bits per heavy atom. The summed E-state index contributed by atoms with van der Waals surface area (Å²) < 4.78 is 62.1. The standard InChI is InChI=1S/C23H26F4O4/c1-5-14-22(24,17-10-6-16(7-11-17)20(29)31-21(2,3)4)19(28)15-8-12-18(13-9-15)30-23(25,26)27/h6-13,19,28H,5,14H2,1-4H3. The van der Waals surface area contributed by atoms with Gasteiger partial charge in [-0.2, -0.15) is 0 Å². The molecule has 0 aromatic heterocycles. The third kappa shape index (κ3) is 6.69. The smallest absolute Gasteiger partial charge is 0.456 e. The quantitative estimate of drug-likeness (QED) is 0.407. The first-order valence-electron chi connectivity index (χ1n) is 9.82. The van der Waals surface area contributed by atoms with E-state index in [9.17, 15) is 23.1 Å². The van der Waals surface area contributed by atoms with Crippen LogP contribution in [-0.4, -0.2) is 23.0 Å². The average Bonchev–Trinajstić information content (AvgIpc) is 2.65. The van der Waals surface area contributed by atoms with E-state index in [0.717, 1.165) is 12.1 Å². The lowest BCUT2D eigenvalue weighted by Gasteiger charge is -2.31. The number of hydrogen-bond acceptors (Lipinski definition) is 4. The van der Waals surface area contributed by atoms with Crippen molar-refractivity contribution in [3.63, 3.8) is 0 Å². The lowest BCUT2D eigenvalue weighted by Crippen LogP contribution is -2.29. The van der Waals surface area contributed by atoms with Crippen molar-refractivity contribution in [2.24, 2.45) is 0 Å². The predicted octanol–water partition coefficient (Wildman–Crippen LogP) is 6.24. The average molecular weight is 442 g/mol. The molecule has 2 atom stereocenters. The molecule has 0 bridgehead atoms. The molecule has 1 N–H and O–H groups in total. The molecule has 0 saturated heterocycles. The third-order valence-corrected chi connectivity index (χ3v) is 4.48. The molecule has 0 radical (unpaired) electrons. The van der Waals surface area contributed by atoms with Crippen LogP contribution in [0.3, 0.4) is 0 Å². The van der Waals surface area contributed by atoms with Crippen molar-refractivity contribution in [1.29, 1.82) is 0 Å². The highest BCUT2D eigenvalue weighted by molar-refractivity contribution is 5.89. The zero-order chi connectivity index (χ0) is 23.4. The molecule has 0 fully saturated rings. The number of carbonyl (C=O) groups excluding carboxylic acids is 1. The summed E-state index contributed by atoms with van der Waals surface area (Å²) in [6.07, 6.45) is -6.13. The summed E-state index contributed by atoms with van der Waals surface area (Å²) >= 11 is 0. The van der Waals surface area contributed by atoms with Gasteiger partial charge < -0.3 is 14.6 Å². The second-order valence-corrected chi connectivity index (χ2v) is 8.21. The van der Waals surface area contributed by atoms with Gasteiger partial charge >= 0.3 is 12.3 Å². The zero-order valence-electron chi connectivity index (χ0n) is 17.8. The van der Waals surface area contributed by atoms with Crippen LogP contribution in [-0.2, 0) is 10.4 Å². The Bertz CT molecular complexity index is 870. The van der Waals surface area contributed by atoms with Gasteiger partial charge in [-0.15, -0.1) is 13.2 Å². The van der Waals surface area contributed by atoms with Crippen LogP contribution in [0, 0.1) is 0 Å². The summed E-state index contributed by atoms with van der Waals surface area (Å²) in [6.45, 7) is 6.94. The van der Waals surface area contributed by atoms with E-state index in [1.807, 2.05) is 0 Å². The fraction of sp³-hybridized carbons (Fsp3) is 0.435. The lowest BCUT2D eigenvalue weighted by molar-refractivity contribution is -0.274. The molecule has 8 heteroatoms. The number of ether oxygens (including phenoxy) is 2. The van der Waals surface area contributed by atoms with E-state index < -0.39 is 35.5 Å². The first kappa shape index (κ1) is 24.7. The Labute approximate surface area is 178 Å². The number of aliphatic hydroxyl groups is 1. The van der Waals surface area contributed by atoms with Crippen LogP contribution in [0.25, 0.3) is 0 Å². The van der Waals surface area contributed by atoms with Gasteiger partial charge in [0.15, 0.2) is 5.67 Å². The molecule has 2 aromatic rings. The van der Waals surface area contributed by atoms with E-state index in [-0.39, 0.29) is 23.1 Å². The van der Waals surface area contributed by atoms with Crippen molar-refractivity contribution in [2.75, 3.05) is 0 Å². The molecule has 2 aromatic carbocycles. The summed E-state index contributed by atoms with van der Waals surface area (Å²) in [4.78, 5) is 12.2. The van der Waals surface area contributed by atoms with Gasteiger partial charge in [-0.05, 0) is 62.6 Å². The summed E-state index contributed by atoms with van der Waals surface area (Å²) in [5, 5.41) is 10.7. The molecule has 2 rings (SSSR count). The molecular formula is C23H26F4O4. The second-order valence-electron chi connectivity index (χ2n) is 8.21. The number of esters is 1. The van der Waals surface area contributed by atoms with E-state index in [1.165, 1.54) is 36.4 Å². The van der Waals surface area contributed by atoms with Crippen LogP contribution in [0.4, 0.5) is 17.6 Å². The van der Waals surface area contributed by atoms with E-state index in [0.29, 0.717) is 6.42 Å². The molecule has 0 heterocycles. The van der Waals surface area contributed by atoms with Crippen molar-refractivity contribution in [3.05, 3.63) is 65.2 Å². The van der Waals surface area contributed by atoms with Crippen LogP contribution in [0.2, 0.25) is 0 Å². The van der Waals surface area contributed by atoms with Crippen LogP contribution in [0.1, 0.15) is 68.1 Å². The van der Waals surface area contributed by atoms with Crippen molar-refractivity contribution >= 4 is 5.97 Å². The number of aliphatic hydroxyl groups excluding tert-OH is 1. The second kappa shape index (κ2) is 9.26. The van der Waals surface area contributed by atoms with Crippen LogP contribution in [0.5, 0.6) is 5.75 Å². The van der Waals surface area contributed by atoms with Crippen LogP contribution in [0.15, 0.2) is 48.5 Å². The van der Waals surface area contributed by atoms with Crippen molar-refractivity contribution in [3.8, 4) is 5.75 Å². The Hall–Kier alpha value is -2.61. The molecule has 0 spiro atoms. The number of alkyl halides is 4. The molecule has 0 aliphatic carbocycles. The summed E-state index contributed by atoms with van der Waals surface area (Å²) in [5.41, 5.74) is -2.42. The van der Waals surface area contributed by atoms with Gasteiger partial charge in [0.05, 0.1) is 5.56 Å². The molecule has 31 heavy (non-hydrogen) atoms. The first-order valence-corrected chi connectivity index (χ1v) is 9.82. The largest absolute Gasteiger partial charge is 0.573 e. The Balaban J connectivity index is 2.29. The number of benzene rings is 2. The molecule has 0 aliphatic rings. The van der Waals surface area contributed by atoms with Gasteiger partial charge in [0.1, 0.15) is 17.5 Å². The van der Waals surface area contributed by atoms with Gasteiger partial charge in [-0.3, -0.25) is 0 Å². The maximum Gasteiger partial charge on any atom is 0.573 e. The van der Waals surface area contributed by atoms with Gasteiger partial charge in [-0.1, -0.05) is 37.6 Å². The fourth-order valence-corrected chi connectivity index (χ4v) is 3.14. The van der Waals surface area contributed by atoms with Crippen molar-refractivity contribution in [2.45, 2.75) is 64.3 Å². The monoisotopic (exact) mass is 442 g/mol. The lowest BCUT2D eigenvalue weighted by atomic mass is 9.82. The van der Waals surface area contributed by atoms with Crippen molar-refractivity contribution in [1.82, 2.24) is 0 Å². The maximum atomic E-state index is 16.0. The van der Waals surface area contributed by atoms with E-state index in [1.54, 1.807) is 27.7 Å². The molecule has 2 unspecified atom stereocenters. The molecule has 4 nitrogen and oxygen atoms in total. The normalized spacial score (nSPS) is 15.1. The van der Waals surface area contributed by atoms with Gasteiger partial charge in [-0.25, -0.2) is 9.18 Å². The minimum atomic E-state index is -4.85. The fourth-order valence-electron chi connectivity index (χ4n) is 3.14. The van der Waals surface area contributed by atoms with Gasteiger partial charge in [0.2, 0.25) is 0 Å². The number of rotatable bonds is 7. The molecule has 0 aliphatic heterocycles. The molecule has 0 amide bonds.